The standard InChI is InChI=1S/C12H16ClN5S/c1-8(2)16-18-12(14)15-11(17(18)7-19)9-3-5-10(13)6-4-9/h3-8,12,16H,14H2,1-2H3. The van der Waals surface area contributed by atoms with Gasteiger partial charge in [-0.3, -0.25) is 5.73 Å². The van der Waals surface area contributed by atoms with Crippen LogP contribution in [0.15, 0.2) is 29.3 Å². The third-order valence-corrected chi connectivity index (χ3v) is 3.00. The van der Waals surface area contributed by atoms with Crippen molar-refractivity contribution in [3.8, 4) is 0 Å². The number of hydrogen-bond acceptors (Lipinski definition) is 5. The van der Waals surface area contributed by atoms with E-state index in [1.165, 1.54) is 5.49 Å². The molecule has 19 heavy (non-hydrogen) atoms. The molecule has 0 amide bonds. The molecule has 5 nitrogen and oxygen atoms in total. The molecular weight excluding hydrogens is 282 g/mol. The summed E-state index contributed by atoms with van der Waals surface area (Å²) >= 11 is 10.9. The van der Waals surface area contributed by atoms with E-state index in [-0.39, 0.29) is 6.04 Å². The average molecular weight is 298 g/mol. The smallest absolute Gasteiger partial charge is 0.187 e. The summed E-state index contributed by atoms with van der Waals surface area (Å²) in [5, 5.41) is 4.11. The Bertz CT molecular complexity index is 487. The molecule has 1 aromatic carbocycles. The second kappa shape index (κ2) is 5.94. The van der Waals surface area contributed by atoms with Gasteiger partial charge in [0.25, 0.3) is 0 Å². The Morgan fingerprint density at radius 1 is 1.42 bits per heavy atom. The third-order valence-electron chi connectivity index (χ3n) is 2.55. The maximum atomic E-state index is 5.99. The molecule has 1 aliphatic heterocycles. The normalized spacial score (nSPS) is 19.9. The molecule has 3 N–H and O–H groups in total. The van der Waals surface area contributed by atoms with Crippen LogP contribution in [0.25, 0.3) is 0 Å². The van der Waals surface area contributed by atoms with E-state index < -0.39 is 6.29 Å². The summed E-state index contributed by atoms with van der Waals surface area (Å²) in [6, 6.07) is 7.62. The lowest BCUT2D eigenvalue weighted by molar-refractivity contribution is 0.0166. The van der Waals surface area contributed by atoms with Crippen molar-refractivity contribution in [2.24, 2.45) is 10.7 Å². The Morgan fingerprint density at radius 2 is 2.05 bits per heavy atom. The number of nitrogens with two attached hydrogens (primary N) is 1. The molecule has 7 heteroatoms. The van der Waals surface area contributed by atoms with E-state index in [0.29, 0.717) is 10.9 Å². The first-order chi connectivity index (χ1) is 9.02. The summed E-state index contributed by atoms with van der Waals surface area (Å²) in [5.74, 6) is 0.701. The van der Waals surface area contributed by atoms with Crippen LogP contribution in [0.3, 0.4) is 0 Å². The molecule has 1 aliphatic rings. The van der Waals surface area contributed by atoms with Gasteiger partial charge in [-0.15, -0.1) is 5.12 Å². The van der Waals surface area contributed by atoms with Crippen molar-refractivity contribution in [2.45, 2.75) is 26.2 Å². The van der Waals surface area contributed by atoms with E-state index in [1.54, 1.807) is 10.1 Å². The monoisotopic (exact) mass is 297 g/mol. The Labute approximate surface area is 123 Å². The fraction of sp³-hybridized carbons (Fsp3) is 0.333. The van der Waals surface area contributed by atoms with Gasteiger partial charge in [0.15, 0.2) is 12.1 Å². The molecule has 2 rings (SSSR count). The van der Waals surface area contributed by atoms with Gasteiger partial charge in [0.05, 0.1) is 5.49 Å². The zero-order chi connectivity index (χ0) is 14.0. The van der Waals surface area contributed by atoms with Gasteiger partial charge in [-0.25, -0.2) is 15.4 Å². The predicted octanol–water partition coefficient (Wildman–Crippen LogP) is 1.73. The number of amidine groups is 1. The van der Waals surface area contributed by atoms with Crippen molar-refractivity contribution in [3.63, 3.8) is 0 Å². The van der Waals surface area contributed by atoms with Gasteiger partial charge >= 0.3 is 0 Å². The minimum absolute atomic E-state index is 0.225. The second-order valence-corrected chi connectivity index (χ2v) is 5.10. The van der Waals surface area contributed by atoms with Gasteiger partial charge < -0.3 is 0 Å². The molecule has 102 valence electrons. The topological polar surface area (TPSA) is 56.9 Å². The largest absolute Gasteiger partial charge is 0.295 e. The molecule has 0 fully saturated rings. The summed E-state index contributed by atoms with van der Waals surface area (Å²) in [6.07, 6.45) is -0.507. The molecule has 0 saturated carbocycles. The first kappa shape index (κ1) is 14.4. The lowest BCUT2D eigenvalue weighted by Crippen LogP contribution is -2.56. The van der Waals surface area contributed by atoms with E-state index in [0.717, 1.165) is 5.56 Å². The number of halogens is 1. The molecule has 1 atom stereocenters. The van der Waals surface area contributed by atoms with Crippen molar-refractivity contribution >= 4 is 35.1 Å². The number of rotatable bonds is 4. The average Bonchev–Trinajstić information content (AvgIpc) is 2.66. The van der Waals surface area contributed by atoms with Crippen molar-refractivity contribution < 1.29 is 0 Å². The Balaban J connectivity index is 2.28. The number of aliphatic imine (C=N–C) groups is 1. The first-order valence-corrected chi connectivity index (χ1v) is 6.77. The van der Waals surface area contributed by atoms with E-state index >= 15 is 0 Å². The maximum Gasteiger partial charge on any atom is 0.187 e. The van der Waals surface area contributed by atoms with E-state index in [4.69, 9.17) is 29.6 Å². The lowest BCUT2D eigenvalue weighted by atomic mass is 10.2. The third kappa shape index (κ3) is 3.10. The first-order valence-electron chi connectivity index (χ1n) is 5.92. The lowest BCUT2D eigenvalue weighted by Gasteiger charge is -2.30. The quantitative estimate of drug-likeness (QED) is 0.829. The van der Waals surface area contributed by atoms with E-state index in [2.05, 4.69) is 10.4 Å². The molecule has 0 radical (unpaired) electrons. The Hall–Kier alpha value is -1.05. The molecule has 0 spiro atoms. The fourth-order valence-corrected chi connectivity index (χ4v) is 2.11. The highest BCUT2D eigenvalue weighted by Gasteiger charge is 2.31. The van der Waals surface area contributed by atoms with Gasteiger partial charge in [0, 0.05) is 16.6 Å². The van der Waals surface area contributed by atoms with Gasteiger partial charge in [-0.2, -0.15) is 0 Å². The van der Waals surface area contributed by atoms with Crippen LogP contribution >= 0.6 is 23.8 Å². The van der Waals surface area contributed by atoms with E-state index in [1.807, 2.05) is 38.1 Å². The highest BCUT2D eigenvalue weighted by atomic mass is 35.5. The number of thiocarbonyl (C=S) groups is 1. The van der Waals surface area contributed by atoms with Crippen molar-refractivity contribution in [2.75, 3.05) is 0 Å². The summed E-state index contributed by atoms with van der Waals surface area (Å²) in [4.78, 5) is 4.42. The summed E-state index contributed by atoms with van der Waals surface area (Å²) in [7, 11) is 0. The number of hydrogen-bond donors (Lipinski definition) is 2. The van der Waals surface area contributed by atoms with Crippen molar-refractivity contribution in [1.29, 1.82) is 0 Å². The minimum atomic E-state index is -0.507. The van der Waals surface area contributed by atoms with Crippen LogP contribution in [-0.2, 0) is 0 Å². The Kier molecular flexibility index (Phi) is 4.49. The highest BCUT2D eigenvalue weighted by Crippen LogP contribution is 2.18. The van der Waals surface area contributed by atoms with Crippen LogP contribution in [0, 0.1) is 0 Å². The molecule has 0 saturated heterocycles. The molecule has 1 unspecified atom stereocenters. The fourth-order valence-electron chi connectivity index (χ4n) is 1.78. The molecule has 0 aromatic heterocycles. The van der Waals surface area contributed by atoms with Gasteiger partial charge in [-0.1, -0.05) is 23.8 Å². The number of benzene rings is 1. The zero-order valence-electron chi connectivity index (χ0n) is 10.7. The second-order valence-electron chi connectivity index (χ2n) is 4.45. The predicted molar refractivity (Wildman–Crippen MR) is 81.6 cm³/mol. The van der Waals surface area contributed by atoms with Crippen LogP contribution in [0.2, 0.25) is 5.02 Å². The van der Waals surface area contributed by atoms with Gasteiger partial charge in [0.1, 0.15) is 0 Å². The highest BCUT2D eigenvalue weighted by molar-refractivity contribution is 7.78. The van der Waals surface area contributed by atoms with Crippen LogP contribution < -0.4 is 11.2 Å². The summed E-state index contributed by atoms with van der Waals surface area (Å²) < 4.78 is 0. The van der Waals surface area contributed by atoms with Crippen LogP contribution in [-0.4, -0.2) is 33.8 Å². The van der Waals surface area contributed by atoms with Crippen molar-refractivity contribution in [1.82, 2.24) is 15.6 Å². The number of hydrazine groups is 2. The molecular formula is C12H16ClN5S. The zero-order valence-corrected chi connectivity index (χ0v) is 12.3. The van der Waals surface area contributed by atoms with Gasteiger partial charge in [-0.05, 0) is 38.1 Å². The van der Waals surface area contributed by atoms with Crippen molar-refractivity contribution in [3.05, 3.63) is 34.9 Å². The summed E-state index contributed by atoms with van der Waals surface area (Å²) in [5.41, 5.74) is 11.6. The maximum absolute atomic E-state index is 5.99. The minimum Gasteiger partial charge on any atom is -0.295 e. The molecule has 1 aromatic rings. The number of nitrogens with one attached hydrogen (secondary N) is 1. The van der Waals surface area contributed by atoms with Crippen LogP contribution in [0.1, 0.15) is 19.4 Å². The Morgan fingerprint density at radius 3 is 2.58 bits per heavy atom. The number of nitrogens with zero attached hydrogens (tertiary/aromatic N) is 3. The van der Waals surface area contributed by atoms with Crippen LogP contribution in [0.4, 0.5) is 0 Å². The SMILES string of the molecule is CC(C)NN1C(N)N=C(c2ccc(Cl)cc2)N1C=S. The summed E-state index contributed by atoms with van der Waals surface area (Å²) in [6.45, 7) is 4.04. The molecule has 1 heterocycles. The van der Waals surface area contributed by atoms with E-state index in [9.17, 15) is 0 Å². The van der Waals surface area contributed by atoms with Gasteiger partial charge in [0.2, 0.25) is 0 Å². The molecule has 0 bridgehead atoms. The van der Waals surface area contributed by atoms with Crippen LogP contribution in [0.5, 0.6) is 0 Å². The molecule has 0 aliphatic carbocycles.